The molecule has 2 saturated carbocycles. The number of carbonyl (C=O) groups is 1. The Labute approximate surface area is 163 Å². The van der Waals surface area contributed by atoms with Crippen molar-refractivity contribution in [1.29, 1.82) is 0 Å². The maximum Gasteiger partial charge on any atom is 0.310 e. The number of benzene rings is 1. The molecule has 150 valence electrons. The van der Waals surface area contributed by atoms with Gasteiger partial charge >= 0.3 is 5.97 Å². The molecule has 1 heterocycles. The Bertz CT molecular complexity index is 550. The van der Waals surface area contributed by atoms with Crippen molar-refractivity contribution in [3.63, 3.8) is 0 Å². The highest BCUT2D eigenvalue weighted by Gasteiger charge is 2.51. The van der Waals surface area contributed by atoms with Crippen LogP contribution in [0, 0.1) is 10.8 Å². The van der Waals surface area contributed by atoms with Crippen molar-refractivity contribution in [2.24, 2.45) is 10.8 Å². The van der Waals surface area contributed by atoms with Gasteiger partial charge in [-0.3, -0.25) is 4.79 Å². The van der Waals surface area contributed by atoms with Crippen molar-refractivity contribution in [3.05, 3.63) is 36.4 Å². The van der Waals surface area contributed by atoms with Gasteiger partial charge in [0.25, 0.3) is 0 Å². The number of nitrogens with one attached hydrogen (secondary N) is 1. The molecular formula is C22H34N2O3. The van der Waals surface area contributed by atoms with E-state index in [0.29, 0.717) is 0 Å². The average molecular weight is 375 g/mol. The number of carboxylic acid groups (broad SMARTS) is 1. The Hall–Kier alpha value is -1.43. The normalized spacial score (nSPS) is 23.1. The molecule has 1 saturated heterocycles. The molecular weight excluding hydrogens is 340 g/mol. The zero-order valence-corrected chi connectivity index (χ0v) is 16.5. The maximum absolute atomic E-state index is 11.3. The van der Waals surface area contributed by atoms with Gasteiger partial charge < -0.3 is 20.1 Å². The van der Waals surface area contributed by atoms with Gasteiger partial charge in [-0.15, -0.1) is 0 Å². The molecule has 1 aromatic carbocycles. The minimum absolute atomic E-state index is 0.244. The average Bonchev–Trinajstić information content (AvgIpc) is 3.60. The molecule has 0 bridgehead atoms. The third-order valence-corrected chi connectivity index (χ3v) is 6.21. The fourth-order valence-corrected chi connectivity index (χ4v) is 3.92. The van der Waals surface area contributed by atoms with E-state index in [-0.39, 0.29) is 5.41 Å². The van der Waals surface area contributed by atoms with Crippen LogP contribution in [-0.4, -0.2) is 61.9 Å². The largest absolute Gasteiger partial charge is 0.481 e. The second kappa shape index (κ2) is 9.18. The van der Waals surface area contributed by atoms with Gasteiger partial charge in [-0.05, 0) is 51.6 Å². The minimum atomic E-state index is -0.605. The van der Waals surface area contributed by atoms with Crippen LogP contribution in [0.5, 0.6) is 0 Å². The molecule has 27 heavy (non-hydrogen) atoms. The second-order valence-electron chi connectivity index (χ2n) is 8.60. The molecule has 4 rings (SSSR count). The van der Waals surface area contributed by atoms with Gasteiger partial charge in [0.15, 0.2) is 0 Å². The molecule has 0 amide bonds. The number of hydrogen-bond donors (Lipinski definition) is 2. The summed E-state index contributed by atoms with van der Waals surface area (Å²) in [7, 11) is 1.79. The number of rotatable bonds is 8. The van der Waals surface area contributed by atoms with Crippen molar-refractivity contribution >= 4 is 5.97 Å². The Morgan fingerprint density at radius 3 is 2.04 bits per heavy atom. The molecule has 0 atom stereocenters. The third-order valence-electron chi connectivity index (χ3n) is 6.21. The van der Waals surface area contributed by atoms with Gasteiger partial charge in [0.1, 0.15) is 0 Å². The van der Waals surface area contributed by atoms with Crippen molar-refractivity contribution in [2.45, 2.75) is 44.6 Å². The van der Waals surface area contributed by atoms with Crippen LogP contribution in [0.1, 0.15) is 38.5 Å². The van der Waals surface area contributed by atoms with E-state index in [2.05, 4.69) is 10.2 Å². The first kappa shape index (κ1) is 20.3. The summed E-state index contributed by atoms with van der Waals surface area (Å²) in [6.07, 6.45) is 6.55. The number of piperidine rings is 1. The van der Waals surface area contributed by atoms with Crippen LogP contribution in [0.4, 0.5) is 0 Å². The van der Waals surface area contributed by atoms with Crippen LogP contribution >= 0.6 is 0 Å². The Morgan fingerprint density at radius 2 is 1.63 bits per heavy atom. The molecule has 1 aromatic rings. The summed E-state index contributed by atoms with van der Waals surface area (Å²) in [5.41, 5.74) is -0.179. The van der Waals surface area contributed by atoms with E-state index in [0.717, 1.165) is 64.5 Å². The fraction of sp³-hybridized carbons (Fsp3) is 0.682. The summed E-state index contributed by atoms with van der Waals surface area (Å²) >= 11 is 0. The molecule has 1 aliphatic heterocycles. The fourth-order valence-electron chi connectivity index (χ4n) is 3.92. The van der Waals surface area contributed by atoms with Gasteiger partial charge in [-0.2, -0.15) is 0 Å². The highest BCUT2D eigenvalue weighted by molar-refractivity contribution is 5.78. The van der Waals surface area contributed by atoms with Gasteiger partial charge in [0, 0.05) is 31.7 Å². The number of aliphatic carboxylic acids is 1. The molecule has 0 spiro atoms. The summed E-state index contributed by atoms with van der Waals surface area (Å²) in [5.74, 6) is -0.605. The van der Waals surface area contributed by atoms with Gasteiger partial charge in [-0.25, -0.2) is 0 Å². The molecule has 0 unspecified atom stereocenters. The molecule has 5 nitrogen and oxygen atoms in total. The topological polar surface area (TPSA) is 61.8 Å². The quantitative estimate of drug-likeness (QED) is 0.732. The monoisotopic (exact) mass is 374 g/mol. The molecule has 3 aliphatic rings. The van der Waals surface area contributed by atoms with E-state index in [4.69, 9.17) is 4.74 Å². The highest BCUT2D eigenvalue weighted by Crippen LogP contribution is 2.47. The zero-order valence-electron chi connectivity index (χ0n) is 16.5. The van der Waals surface area contributed by atoms with Crippen molar-refractivity contribution in [3.8, 4) is 0 Å². The van der Waals surface area contributed by atoms with Gasteiger partial charge in [0.05, 0.1) is 12.0 Å². The first-order chi connectivity index (χ1) is 13.1. The smallest absolute Gasteiger partial charge is 0.310 e. The van der Waals surface area contributed by atoms with Crippen LogP contribution in [0.15, 0.2) is 36.4 Å². The van der Waals surface area contributed by atoms with Gasteiger partial charge in [0.2, 0.25) is 0 Å². The second-order valence-corrected chi connectivity index (χ2v) is 8.60. The summed E-state index contributed by atoms with van der Waals surface area (Å²) in [5, 5.41) is 13.0. The highest BCUT2D eigenvalue weighted by atomic mass is 16.5. The molecule has 2 aliphatic carbocycles. The number of nitrogens with zero attached hydrogens (tertiary/aromatic N) is 1. The summed E-state index contributed by atoms with van der Waals surface area (Å²) in [6, 6.07) is 12.7. The summed E-state index contributed by atoms with van der Waals surface area (Å²) in [4.78, 5) is 13.7. The first-order valence-corrected chi connectivity index (χ1v) is 10.3. The number of methoxy groups -OCH3 is 1. The maximum atomic E-state index is 11.3. The summed E-state index contributed by atoms with van der Waals surface area (Å²) < 4.78 is 5.47. The lowest BCUT2D eigenvalue weighted by atomic mass is 9.78. The molecule has 0 aromatic heterocycles. The van der Waals surface area contributed by atoms with Crippen LogP contribution in [0.3, 0.4) is 0 Å². The van der Waals surface area contributed by atoms with E-state index in [9.17, 15) is 9.90 Å². The van der Waals surface area contributed by atoms with Gasteiger partial charge in [-0.1, -0.05) is 36.4 Å². The van der Waals surface area contributed by atoms with Crippen molar-refractivity contribution in [2.75, 3.05) is 39.9 Å². The van der Waals surface area contributed by atoms with Crippen molar-refractivity contribution < 1.29 is 14.6 Å². The van der Waals surface area contributed by atoms with Crippen LogP contribution in [0.2, 0.25) is 0 Å². The van der Waals surface area contributed by atoms with Crippen LogP contribution in [0.25, 0.3) is 0 Å². The van der Waals surface area contributed by atoms with E-state index >= 15 is 0 Å². The van der Waals surface area contributed by atoms with Crippen LogP contribution < -0.4 is 5.32 Å². The summed E-state index contributed by atoms with van der Waals surface area (Å²) in [6.45, 7) is 4.60. The SMILES string of the molecule is COCC1(CNC2CC2)CCN(CC2(C(=O)O)CC2)CC1.c1ccccc1. The minimum Gasteiger partial charge on any atom is -0.481 e. The van der Waals surface area contributed by atoms with E-state index in [1.54, 1.807) is 7.11 Å². The predicted octanol–water partition coefficient (Wildman–Crippen LogP) is 3.02. The molecule has 2 N–H and O–H groups in total. The first-order valence-electron chi connectivity index (χ1n) is 10.3. The number of carboxylic acids is 1. The molecule has 3 fully saturated rings. The van der Waals surface area contributed by atoms with E-state index in [1.807, 2.05) is 36.4 Å². The number of likely N-dealkylation sites (tertiary alicyclic amines) is 1. The van der Waals surface area contributed by atoms with E-state index < -0.39 is 11.4 Å². The van der Waals surface area contributed by atoms with Crippen LogP contribution in [-0.2, 0) is 9.53 Å². The lowest BCUT2D eigenvalue weighted by Gasteiger charge is -2.42. The molecule has 5 heteroatoms. The Kier molecular flexibility index (Phi) is 6.90. The number of hydrogen-bond acceptors (Lipinski definition) is 4. The molecule has 0 radical (unpaired) electrons. The Morgan fingerprint density at radius 1 is 1.07 bits per heavy atom. The predicted molar refractivity (Wildman–Crippen MR) is 107 cm³/mol. The standard InChI is InChI=1S/C16H28N2O3.C6H6/c1-21-12-15(10-17-13-2-3-13)6-8-18(9-7-15)11-16(4-5-16)14(19)20;1-2-4-6-5-3-1/h13,17H,2-12H2,1H3,(H,19,20);1-6H. The lowest BCUT2D eigenvalue weighted by molar-refractivity contribution is -0.144. The Balaban J connectivity index is 0.000000299. The van der Waals surface area contributed by atoms with E-state index in [1.165, 1.54) is 12.8 Å². The third kappa shape index (κ3) is 6.03. The number of ether oxygens (including phenoxy) is 1. The lowest BCUT2D eigenvalue weighted by Crippen LogP contribution is -2.49. The zero-order chi connectivity index (χ0) is 19.2. The van der Waals surface area contributed by atoms with Crippen molar-refractivity contribution in [1.82, 2.24) is 10.2 Å².